The van der Waals surface area contributed by atoms with Crippen LogP contribution >= 0.6 is 0 Å². The molecule has 0 unspecified atom stereocenters. The molecule has 0 aliphatic carbocycles. The maximum atomic E-state index is 13.3. The first-order valence-corrected chi connectivity index (χ1v) is 13.0. The van der Waals surface area contributed by atoms with Gasteiger partial charge in [0.1, 0.15) is 17.8 Å². The van der Waals surface area contributed by atoms with Crippen molar-refractivity contribution in [2.75, 3.05) is 13.2 Å². The lowest BCUT2D eigenvalue weighted by atomic mass is 9.97. The molecule has 0 bridgehead atoms. The average Bonchev–Trinajstić information content (AvgIpc) is 3.46. The van der Waals surface area contributed by atoms with E-state index in [0.717, 1.165) is 10.9 Å². The Morgan fingerprint density at radius 1 is 1.05 bits per heavy atom. The van der Waals surface area contributed by atoms with Gasteiger partial charge in [-0.2, -0.15) is 0 Å². The molecule has 0 spiro atoms. The molecule has 1 aromatic carbocycles. The van der Waals surface area contributed by atoms with Gasteiger partial charge in [-0.3, -0.25) is 19.2 Å². The summed E-state index contributed by atoms with van der Waals surface area (Å²) < 4.78 is 0. The summed E-state index contributed by atoms with van der Waals surface area (Å²) in [5, 5.41) is 21.9. The fraction of sp³-hybridized carbons (Fsp3) is 0.556. The molecule has 1 aliphatic heterocycles. The van der Waals surface area contributed by atoms with Gasteiger partial charge in [0.2, 0.25) is 17.7 Å². The quantitative estimate of drug-likeness (QED) is 0.254. The first-order valence-electron chi connectivity index (χ1n) is 13.0. The Labute approximate surface area is 217 Å². The summed E-state index contributed by atoms with van der Waals surface area (Å²) in [5.41, 5.74) is 1.17. The second-order valence-electron chi connectivity index (χ2n) is 10.6. The van der Waals surface area contributed by atoms with Crippen molar-refractivity contribution in [2.45, 2.75) is 65.1 Å². The van der Waals surface area contributed by atoms with Crippen LogP contribution in [0, 0.1) is 17.8 Å². The Kier molecular flexibility index (Phi) is 9.68. The smallest absolute Gasteiger partial charge is 0.268 e. The van der Waals surface area contributed by atoms with E-state index >= 15 is 0 Å². The Bertz CT molecular complexity index is 1080. The third-order valence-corrected chi connectivity index (χ3v) is 6.65. The predicted octanol–water partition coefficient (Wildman–Crippen LogP) is 1.46. The Hall–Kier alpha value is -3.40. The van der Waals surface area contributed by atoms with Gasteiger partial charge in [-0.05, 0) is 43.2 Å². The molecule has 1 fully saturated rings. The molecule has 1 aliphatic rings. The van der Waals surface area contributed by atoms with E-state index < -0.39 is 35.8 Å². The Morgan fingerprint density at radius 3 is 2.38 bits per heavy atom. The number of benzene rings is 1. The van der Waals surface area contributed by atoms with Crippen molar-refractivity contribution in [1.82, 2.24) is 26.3 Å². The van der Waals surface area contributed by atoms with Crippen molar-refractivity contribution >= 4 is 34.5 Å². The van der Waals surface area contributed by atoms with Crippen molar-refractivity contribution in [1.29, 1.82) is 0 Å². The number of aromatic nitrogens is 1. The molecule has 2 heterocycles. The van der Waals surface area contributed by atoms with Crippen molar-refractivity contribution in [3.05, 3.63) is 36.0 Å². The summed E-state index contributed by atoms with van der Waals surface area (Å²) in [5.74, 6) is -1.78. The minimum atomic E-state index is -0.864. The lowest BCUT2D eigenvalue weighted by Crippen LogP contribution is -2.57. The molecule has 2 aromatic rings. The van der Waals surface area contributed by atoms with Crippen molar-refractivity contribution in [3.63, 3.8) is 0 Å². The topological polar surface area (TPSA) is 152 Å². The van der Waals surface area contributed by atoms with E-state index in [1.165, 1.54) is 0 Å². The van der Waals surface area contributed by atoms with Gasteiger partial charge in [0.25, 0.3) is 5.91 Å². The van der Waals surface area contributed by atoms with Gasteiger partial charge in [0.05, 0.1) is 12.6 Å². The molecule has 37 heavy (non-hydrogen) atoms. The van der Waals surface area contributed by atoms with Crippen LogP contribution in [-0.4, -0.2) is 65.0 Å². The van der Waals surface area contributed by atoms with E-state index in [2.05, 4.69) is 26.3 Å². The van der Waals surface area contributed by atoms with Crippen LogP contribution in [0.1, 0.15) is 57.4 Å². The summed E-state index contributed by atoms with van der Waals surface area (Å²) in [6.07, 6.45) is 1.36. The van der Waals surface area contributed by atoms with Gasteiger partial charge < -0.3 is 31.4 Å². The van der Waals surface area contributed by atoms with Gasteiger partial charge in [0.15, 0.2) is 0 Å². The predicted molar refractivity (Wildman–Crippen MR) is 141 cm³/mol. The number of aliphatic hydroxyl groups excluding tert-OH is 1. The first kappa shape index (κ1) is 28.2. The van der Waals surface area contributed by atoms with Crippen LogP contribution in [0.25, 0.3) is 10.9 Å². The highest BCUT2D eigenvalue weighted by molar-refractivity contribution is 6.00. The van der Waals surface area contributed by atoms with Crippen LogP contribution in [0.4, 0.5) is 0 Å². The zero-order valence-electron chi connectivity index (χ0n) is 22.0. The molecular formula is C27H39N5O5. The van der Waals surface area contributed by atoms with Crippen LogP contribution in [0.5, 0.6) is 0 Å². The summed E-state index contributed by atoms with van der Waals surface area (Å²) in [6, 6.07) is 6.92. The van der Waals surface area contributed by atoms with Crippen LogP contribution in [0.3, 0.4) is 0 Å². The second kappa shape index (κ2) is 12.7. The summed E-state index contributed by atoms with van der Waals surface area (Å²) in [6.45, 7) is 7.80. The maximum Gasteiger partial charge on any atom is 0.268 e. The minimum absolute atomic E-state index is 0.0785. The zero-order valence-corrected chi connectivity index (χ0v) is 22.0. The van der Waals surface area contributed by atoms with Gasteiger partial charge in [0, 0.05) is 23.4 Å². The van der Waals surface area contributed by atoms with Crippen LogP contribution in [-0.2, 0) is 14.4 Å². The standard InChI is InChI=1S/C27H39N5O5/c1-15(2)11-21(25(35)29-19(14-33)12-18-9-10-28-24(18)34)31-27(37)23(16(3)4)32-26(36)22-13-17-7-5-6-8-20(17)30-22/h5-8,13,15-16,18-19,21,23,30,33H,9-12,14H2,1-4H3,(H,28,34)(H,29,35)(H,31,37)(H,32,36)/t18-,19-,21-,23-/m0/s1. The van der Waals surface area contributed by atoms with Gasteiger partial charge in [-0.1, -0.05) is 45.9 Å². The SMILES string of the molecule is CC(C)C[C@H](NC(=O)[C@@H](NC(=O)c1cc2ccccc2[nH]1)C(C)C)C(=O)N[C@H](CO)C[C@@H]1CCNC1=O. The zero-order chi connectivity index (χ0) is 27.1. The molecule has 0 saturated carbocycles. The highest BCUT2D eigenvalue weighted by atomic mass is 16.3. The third kappa shape index (κ3) is 7.55. The third-order valence-electron chi connectivity index (χ3n) is 6.65. The number of carbonyl (C=O) groups is 4. The minimum Gasteiger partial charge on any atom is -0.394 e. The van der Waals surface area contributed by atoms with Gasteiger partial charge in [-0.25, -0.2) is 0 Å². The van der Waals surface area contributed by atoms with Crippen LogP contribution in [0.15, 0.2) is 30.3 Å². The number of aliphatic hydroxyl groups is 1. The molecule has 202 valence electrons. The Morgan fingerprint density at radius 2 is 1.78 bits per heavy atom. The number of H-pyrrole nitrogens is 1. The molecule has 4 amide bonds. The lowest BCUT2D eigenvalue weighted by Gasteiger charge is -2.27. The van der Waals surface area contributed by atoms with Crippen molar-refractivity contribution in [3.8, 4) is 0 Å². The molecule has 1 saturated heterocycles. The summed E-state index contributed by atoms with van der Waals surface area (Å²) in [4.78, 5) is 54.3. The number of fused-ring (bicyclic) bond motifs is 1. The highest BCUT2D eigenvalue weighted by Crippen LogP contribution is 2.17. The average molecular weight is 514 g/mol. The molecule has 4 atom stereocenters. The number of amides is 4. The van der Waals surface area contributed by atoms with E-state index in [4.69, 9.17) is 0 Å². The van der Waals surface area contributed by atoms with Crippen molar-refractivity contribution < 1.29 is 24.3 Å². The fourth-order valence-electron chi connectivity index (χ4n) is 4.61. The number of aromatic amines is 1. The summed E-state index contributed by atoms with van der Waals surface area (Å²) >= 11 is 0. The normalized spacial score (nSPS) is 17.9. The number of rotatable bonds is 12. The first-order chi connectivity index (χ1) is 17.6. The maximum absolute atomic E-state index is 13.3. The molecule has 0 radical (unpaired) electrons. The fourth-order valence-corrected chi connectivity index (χ4v) is 4.61. The molecule has 1 aromatic heterocycles. The lowest BCUT2D eigenvalue weighted by molar-refractivity contribution is -0.131. The Balaban J connectivity index is 1.67. The number of nitrogens with one attached hydrogen (secondary N) is 5. The van der Waals surface area contributed by atoms with Crippen LogP contribution < -0.4 is 21.3 Å². The van der Waals surface area contributed by atoms with E-state index in [9.17, 15) is 24.3 Å². The van der Waals surface area contributed by atoms with E-state index in [1.54, 1.807) is 6.07 Å². The molecule has 10 nitrogen and oxygen atoms in total. The van der Waals surface area contributed by atoms with E-state index in [-0.39, 0.29) is 30.3 Å². The second-order valence-corrected chi connectivity index (χ2v) is 10.6. The van der Waals surface area contributed by atoms with E-state index in [1.807, 2.05) is 52.0 Å². The molecule has 6 N–H and O–H groups in total. The van der Waals surface area contributed by atoms with Crippen LogP contribution in [0.2, 0.25) is 0 Å². The largest absolute Gasteiger partial charge is 0.394 e. The monoisotopic (exact) mass is 513 g/mol. The number of hydrogen-bond donors (Lipinski definition) is 6. The molecular weight excluding hydrogens is 474 g/mol. The van der Waals surface area contributed by atoms with E-state index in [0.29, 0.717) is 31.5 Å². The number of para-hydroxylation sites is 1. The number of hydrogen-bond acceptors (Lipinski definition) is 5. The molecule has 3 rings (SSSR count). The summed E-state index contributed by atoms with van der Waals surface area (Å²) in [7, 11) is 0. The number of carbonyl (C=O) groups excluding carboxylic acids is 4. The van der Waals surface area contributed by atoms with Gasteiger partial charge in [-0.15, -0.1) is 0 Å². The molecule has 10 heteroatoms. The highest BCUT2D eigenvalue weighted by Gasteiger charge is 2.32. The van der Waals surface area contributed by atoms with Gasteiger partial charge >= 0.3 is 0 Å². The van der Waals surface area contributed by atoms with Crippen molar-refractivity contribution in [2.24, 2.45) is 17.8 Å².